The van der Waals surface area contributed by atoms with Crippen LogP contribution >= 0.6 is 0 Å². The molecular formula is C65H61N9O7. The maximum Gasteiger partial charge on any atom is 0.414 e. The van der Waals surface area contributed by atoms with E-state index in [1.807, 2.05) is 127 Å². The fourth-order valence-electron chi connectivity index (χ4n) is 10.9. The first-order valence-electron chi connectivity index (χ1n) is 27.2. The molecular weight excluding hydrogens is 1020 g/mol. The lowest BCUT2D eigenvalue weighted by molar-refractivity contribution is -0.122. The van der Waals surface area contributed by atoms with Gasteiger partial charge in [-0.1, -0.05) is 42.8 Å². The van der Waals surface area contributed by atoms with Gasteiger partial charge in [0.15, 0.2) is 0 Å². The molecule has 3 fully saturated rings. The Morgan fingerprint density at radius 3 is 1.46 bits per heavy atom. The van der Waals surface area contributed by atoms with Gasteiger partial charge in [0.2, 0.25) is 5.91 Å². The van der Waals surface area contributed by atoms with Crippen molar-refractivity contribution >= 4 is 62.0 Å². The van der Waals surface area contributed by atoms with Crippen LogP contribution in [0.25, 0.3) is 66.5 Å². The molecule has 16 heteroatoms. The number of nitrogens with one attached hydrogen (secondary N) is 1. The van der Waals surface area contributed by atoms with Crippen LogP contribution in [0.15, 0.2) is 127 Å². The first-order valence-corrected chi connectivity index (χ1v) is 27.2. The number of fused-ring (bicyclic) bond motifs is 3. The highest BCUT2D eigenvalue weighted by atomic mass is 16.6. The topological polar surface area (TPSA) is 193 Å². The number of cyclic esters (lactones) is 1. The van der Waals surface area contributed by atoms with Gasteiger partial charge in [-0.15, -0.1) is 0 Å². The number of carbonyl (C=O) groups excluding carboxylic acids is 3. The number of aryl methyl sites for hydroxylation is 3. The van der Waals surface area contributed by atoms with Crippen molar-refractivity contribution in [2.75, 3.05) is 57.8 Å². The van der Waals surface area contributed by atoms with E-state index in [-0.39, 0.29) is 23.8 Å². The highest BCUT2D eigenvalue weighted by Crippen LogP contribution is 2.39. The minimum atomic E-state index is -0.324. The van der Waals surface area contributed by atoms with Crippen molar-refractivity contribution in [2.45, 2.75) is 59.7 Å². The first kappa shape index (κ1) is 54.4. The van der Waals surface area contributed by atoms with E-state index in [0.29, 0.717) is 35.4 Å². The summed E-state index contributed by atoms with van der Waals surface area (Å²) in [7, 11) is 4.88. The predicted molar refractivity (Wildman–Crippen MR) is 314 cm³/mol. The molecule has 81 heavy (non-hydrogen) atoms. The maximum absolute atomic E-state index is 12.2. The third kappa shape index (κ3) is 10.5. The molecule has 0 unspecified atom stereocenters. The molecule has 0 atom stereocenters. The molecule has 6 aromatic carbocycles. The lowest BCUT2D eigenvalue weighted by Gasteiger charge is -2.24. The van der Waals surface area contributed by atoms with Gasteiger partial charge >= 0.3 is 6.09 Å². The van der Waals surface area contributed by atoms with Crippen LogP contribution in [-0.2, 0) is 29.2 Å². The number of amides is 3. The summed E-state index contributed by atoms with van der Waals surface area (Å²) in [5.74, 6) is 2.55. The van der Waals surface area contributed by atoms with Gasteiger partial charge in [0.05, 0.1) is 78.2 Å². The summed E-state index contributed by atoms with van der Waals surface area (Å²) < 4.78 is 27.4. The molecule has 2 aliphatic heterocycles. The largest absolute Gasteiger partial charge is 0.497 e. The second-order valence-corrected chi connectivity index (χ2v) is 19.8. The SMILES string of the molecule is CCn1c(-c2ccc(C(=O)N3CC3)cc2)c(C#N)c2cc(OC)ccc21.CCn1c(-c2ccc(N3CCOC3=O)cc2)c(C#N)c2ccc(OC)cc21.CCn1c(-c2ccc(NC(=O)C3CCC3)cc2)c(C#N)c2cc(OC)ccc21. The zero-order valence-electron chi connectivity index (χ0n) is 46.2. The van der Waals surface area contributed by atoms with E-state index in [1.165, 1.54) is 0 Å². The molecule has 3 aliphatic rings. The number of nitriles is 3. The zero-order valence-corrected chi connectivity index (χ0v) is 46.2. The van der Waals surface area contributed by atoms with E-state index >= 15 is 0 Å². The van der Waals surface area contributed by atoms with Crippen LogP contribution in [0.1, 0.15) is 67.1 Å². The van der Waals surface area contributed by atoms with Gasteiger partial charge in [0.1, 0.15) is 42.1 Å². The van der Waals surface area contributed by atoms with Gasteiger partial charge in [-0.3, -0.25) is 14.5 Å². The molecule has 3 aromatic heterocycles. The standard InChI is InChI=1S/C23H23N3O2.C21H19N3O3.C21H19N3O2/c1-3-26-21-12-11-18(28-2)13-19(21)20(14-24)22(26)15-7-9-17(10-8-15)25-23(27)16-5-4-6-16;1-3-23-19-12-16(26-2)8-9-17(19)18(13-22)20(23)14-4-6-15(7-5-14)24-10-11-27-21(24)25;1-3-24-19-9-8-16(26-2)12-17(19)18(13-22)20(24)14-4-6-15(7-5-14)21(25)23-10-11-23/h7-13,16H,3-6H2,1-2H3,(H,25,27);4-9,12H,3,10-11H2,1-2H3;4-9,12H,3,10-11H2,1-2H3. The van der Waals surface area contributed by atoms with Crippen molar-refractivity contribution in [2.24, 2.45) is 5.92 Å². The van der Waals surface area contributed by atoms with Crippen molar-refractivity contribution in [3.05, 3.63) is 150 Å². The number of hydrogen-bond acceptors (Lipinski definition) is 10. The van der Waals surface area contributed by atoms with Crippen molar-refractivity contribution in [3.63, 3.8) is 0 Å². The van der Waals surface area contributed by atoms with E-state index in [1.54, 1.807) is 31.1 Å². The molecule has 9 aromatic rings. The van der Waals surface area contributed by atoms with Crippen LogP contribution in [0.5, 0.6) is 17.2 Å². The van der Waals surface area contributed by atoms with Crippen LogP contribution in [0.2, 0.25) is 0 Å². The summed E-state index contributed by atoms with van der Waals surface area (Å²) in [5, 5.41) is 35.1. The molecule has 16 nitrogen and oxygen atoms in total. The number of aromatic nitrogens is 3. The number of hydrogen-bond donors (Lipinski definition) is 1. The van der Waals surface area contributed by atoms with E-state index in [0.717, 1.165) is 147 Å². The molecule has 1 saturated carbocycles. The number of nitrogens with zero attached hydrogens (tertiary/aromatic N) is 8. The summed E-state index contributed by atoms with van der Waals surface area (Å²) in [6, 6.07) is 47.4. The first-order chi connectivity index (χ1) is 39.5. The second kappa shape index (κ2) is 23.5. The third-order valence-corrected chi connectivity index (χ3v) is 15.4. The molecule has 2 saturated heterocycles. The number of anilines is 2. The highest BCUT2D eigenvalue weighted by molar-refractivity contribution is 6.00. The highest BCUT2D eigenvalue weighted by Gasteiger charge is 2.28. The molecule has 12 rings (SSSR count). The van der Waals surface area contributed by atoms with Crippen molar-refractivity contribution < 1.29 is 33.3 Å². The molecule has 408 valence electrons. The van der Waals surface area contributed by atoms with E-state index < -0.39 is 0 Å². The van der Waals surface area contributed by atoms with Crippen molar-refractivity contribution in [1.29, 1.82) is 15.8 Å². The second-order valence-electron chi connectivity index (χ2n) is 19.8. The summed E-state index contributed by atoms with van der Waals surface area (Å²) in [5.41, 5.74) is 12.6. The molecule has 0 spiro atoms. The third-order valence-electron chi connectivity index (χ3n) is 15.4. The van der Waals surface area contributed by atoms with Gasteiger partial charge in [-0.25, -0.2) is 4.79 Å². The monoisotopic (exact) mass is 1080 g/mol. The molecule has 5 heterocycles. The van der Waals surface area contributed by atoms with Crippen LogP contribution in [0.3, 0.4) is 0 Å². The fraction of sp³-hybridized carbons (Fsp3) is 0.262. The zero-order chi connectivity index (χ0) is 56.9. The number of benzene rings is 6. The van der Waals surface area contributed by atoms with E-state index in [9.17, 15) is 30.2 Å². The Morgan fingerprint density at radius 1 is 0.568 bits per heavy atom. The number of ether oxygens (including phenoxy) is 4. The van der Waals surface area contributed by atoms with E-state index in [2.05, 4.69) is 58.0 Å². The van der Waals surface area contributed by atoms with Crippen LogP contribution in [0, 0.1) is 39.9 Å². The number of rotatable bonds is 13. The molecule has 1 N–H and O–H groups in total. The molecule has 0 bridgehead atoms. The van der Waals surface area contributed by atoms with Crippen molar-refractivity contribution in [1.82, 2.24) is 18.6 Å². The minimum Gasteiger partial charge on any atom is -0.497 e. The average molecular weight is 1080 g/mol. The number of methoxy groups -OCH3 is 3. The molecule has 1 aliphatic carbocycles. The smallest absolute Gasteiger partial charge is 0.414 e. The van der Waals surface area contributed by atoms with Crippen LogP contribution in [0.4, 0.5) is 16.2 Å². The van der Waals surface area contributed by atoms with Gasteiger partial charge < -0.3 is 42.9 Å². The quantitative estimate of drug-likeness (QED) is 0.109. The number of carbonyl (C=O) groups is 3. The Labute approximate surface area is 470 Å². The maximum atomic E-state index is 12.2. The lowest BCUT2D eigenvalue weighted by atomic mass is 9.85. The van der Waals surface area contributed by atoms with Crippen molar-refractivity contribution in [3.8, 4) is 69.2 Å². The summed E-state index contributed by atoms with van der Waals surface area (Å²) in [6.07, 6.45) is 2.78. The minimum absolute atomic E-state index is 0.0674. The average Bonchev–Trinajstić information content (AvgIpc) is 3.82. The van der Waals surface area contributed by atoms with Gasteiger partial charge in [-0.05, 0) is 135 Å². The Kier molecular flexibility index (Phi) is 15.8. The molecule has 3 amide bonds. The Balaban J connectivity index is 0.000000136. The fourth-order valence-corrected chi connectivity index (χ4v) is 10.9. The Hall–Kier alpha value is -9.98. The lowest BCUT2D eigenvalue weighted by Crippen LogP contribution is -2.27. The molecule has 0 radical (unpaired) electrons. The van der Waals surface area contributed by atoms with Gasteiger partial charge in [-0.2, -0.15) is 15.8 Å². The van der Waals surface area contributed by atoms with E-state index in [4.69, 9.17) is 18.9 Å². The summed E-state index contributed by atoms with van der Waals surface area (Å²) in [4.78, 5) is 39.5. The van der Waals surface area contributed by atoms with Gasteiger partial charge in [0.25, 0.3) is 5.91 Å². The summed E-state index contributed by atoms with van der Waals surface area (Å²) in [6.45, 7) is 11.0. The Bertz CT molecular complexity index is 3990. The Morgan fingerprint density at radius 2 is 1.02 bits per heavy atom. The summed E-state index contributed by atoms with van der Waals surface area (Å²) >= 11 is 0. The van der Waals surface area contributed by atoms with Crippen LogP contribution < -0.4 is 24.4 Å². The normalized spacial score (nSPS) is 13.4. The van der Waals surface area contributed by atoms with Crippen LogP contribution in [-0.4, -0.2) is 84.1 Å². The predicted octanol–water partition coefficient (Wildman–Crippen LogP) is 12.8. The van der Waals surface area contributed by atoms with Gasteiger partial charge in [0, 0.05) is 77.8 Å².